The number of carboxylic acid groups (broad SMARTS) is 1. The summed E-state index contributed by atoms with van der Waals surface area (Å²) in [5, 5.41) is 18.8. The van der Waals surface area contributed by atoms with Crippen molar-refractivity contribution in [1.82, 2.24) is 0 Å². The molecule has 0 aliphatic heterocycles. The molecule has 0 fully saturated rings. The van der Waals surface area contributed by atoms with Crippen LogP contribution in [0.4, 0.5) is 0 Å². The number of hydrogen-bond donors (Lipinski definition) is 2. The lowest BCUT2D eigenvalue weighted by atomic mass is 10.2. The van der Waals surface area contributed by atoms with E-state index in [0.717, 1.165) is 5.56 Å². The first kappa shape index (κ1) is 13.2. The van der Waals surface area contributed by atoms with Crippen LogP contribution < -0.4 is 4.74 Å². The SMILES string of the molecule is O=C(O)c1ccc(Cl)cc1OCc1cccc(O)c1. The molecule has 19 heavy (non-hydrogen) atoms. The second kappa shape index (κ2) is 5.63. The molecule has 2 aromatic rings. The summed E-state index contributed by atoms with van der Waals surface area (Å²) in [6.07, 6.45) is 0. The van der Waals surface area contributed by atoms with E-state index in [0.29, 0.717) is 5.02 Å². The second-order valence-electron chi connectivity index (χ2n) is 3.90. The molecule has 0 heterocycles. The Morgan fingerprint density at radius 2 is 2.00 bits per heavy atom. The zero-order valence-corrected chi connectivity index (χ0v) is 10.6. The predicted octanol–water partition coefficient (Wildman–Crippen LogP) is 3.32. The minimum atomic E-state index is -1.08. The van der Waals surface area contributed by atoms with E-state index in [1.54, 1.807) is 24.3 Å². The summed E-state index contributed by atoms with van der Waals surface area (Å²) in [5.74, 6) is -0.753. The highest BCUT2D eigenvalue weighted by Gasteiger charge is 2.11. The Bertz CT molecular complexity index is 610. The summed E-state index contributed by atoms with van der Waals surface area (Å²) in [5.41, 5.74) is 0.779. The van der Waals surface area contributed by atoms with E-state index >= 15 is 0 Å². The number of carboxylic acids is 1. The van der Waals surface area contributed by atoms with Crippen LogP contribution in [0, 0.1) is 0 Å². The number of ether oxygens (including phenoxy) is 1. The molecule has 0 aromatic heterocycles. The number of aromatic hydroxyl groups is 1. The molecule has 0 spiro atoms. The van der Waals surface area contributed by atoms with Crippen molar-refractivity contribution in [2.75, 3.05) is 0 Å². The Labute approximate surface area is 114 Å². The Balaban J connectivity index is 2.19. The first-order valence-electron chi connectivity index (χ1n) is 5.50. The maximum absolute atomic E-state index is 11.0. The highest BCUT2D eigenvalue weighted by atomic mass is 35.5. The van der Waals surface area contributed by atoms with Gasteiger partial charge in [0.1, 0.15) is 23.7 Å². The highest BCUT2D eigenvalue weighted by molar-refractivity contribution is 6.30. The zero-order chi connectivity index (χ0) is 13.8. The summed E-state index contributed by atoms with van der Waals surface area (Å²) < 4.78 is 5.44. The van der Waals surface area contributed by atoms with E-state index in [2.05, 4.69) is 0 Å². The van der Waals surface area contributed by atoms with E-state index in [9.17, 15) is 9.90 Å². The predicted molar refractivity (Wildman–Crippen MR) is 70.9 cm³/mol. The summed E-state index contributed by atoms with van der Waals surface area (Å²) >= 11 is 5.82. The molecule has 2 N–H and O–H groups in total. The highest BCUT2D eigenvalue weighted by Crippen LogP contribution is 2.24. The molecule has 2 aromatic carbocycles. The average molecular weight is 279 g/mol. The molecule has 0 saturated heterocycles. The average Bonchev–Trinajstić information content (AvgIpc) is 2.36. The van der Waals surface area contributed by atoms with Crippen LogP contribution in [0.2, 0.25) is 5.02 Å². The molecule has 0 atom stereocenters. The Kier molecular flexibility index (Phi) is 3.92. The molecule has 0 saturated carbocycles. The van der Waals surface area contributed by atoms with Gasteiger partial charge in [-0.2, -0.15) is 0 Å². The number of carbonyl (C=O) groups is 1. The molecule has 0 radical (unpaired) electrons. The summed E-state index contributed by atoms with van der Waals surface area (Å²) in [4.78, 5) is 11.0. The number of hydrogen-bond acceptors (Lipinski definition) is 3. The van der Waals surface area contributed by atoms with Gasteiger partial charge in [0.05, 0.1) is 0 Å². The summed E-state index contributed by atoms with van der Waals surface area (Å²) in [7, 11) is 0. The van der Waals surface area contributed by atoms with Gasteiger partial charge in [0.25, 0.3) is 0 Å². The topological polar surface area (TPSA) is 66.8 Å². The summed E-state index contributed by atoms with van der Waals surface area (Å²) in [6, 6.07) is 10.9. The molecule has 0 unspecified atom stereocenters. The van der Waals surface area contributed by atoms with E-state index in [-0.39, 0.29) is 23.7 Å². The maximum atomic E-state index is 11.0. The van der Waals surface area contributed by atoms with E-state index < -0.39 is 5.97 Å². The van der Waals surface area contributed by atoms with Gasteiger partial charge in [-0.3, -0.25) is 0 Å². The Morgan fingerprint density at radius 3 is 2.68 bits per heavy atom. The number of halogens is 1. The minimum Gasteiger partial charge on any atom is -0.508 e. The van der Waals surface area contributed by atoms with Gasteiger partial charge >= 0.3 is 5.97 Å². The lowest BCUT2D eigenvalue weighted by Crippen LogP contribution is -2.03. The van der Waals surface area contributed by atoms with Gasteiger partial charge in [0.15, 0.2) is 0 Å². The van der Waals surface area contributed by atoms with Crippen molar-refractivity contribution in [2.45, 2.75) is 6.61 Å². The zero-order valence-electron chi connectivity index (χ0n) is 9.84. The van der Waals surface area contributed by atoms with Gasteiger partial charge in [0.2, 0.25) is 0 Å². The van der Waals surface area contributed by atoms with Crippen LogP contribution in [-0.2, 0) is 6.61 Å². The molecular formula is C14H11ClO4. The molecule has 0 amide bonds. The van der Waals surface area contributed by atoms with Crippen LogP contribution in [0.25, 0.3) is 0 Å². The van der Waals surface area contributed by atoms with Crippen molar-refractivity contribution in [3.63, 3.8) is 0 Å². The Hall–Kier alpha value is -2.20. The second-order valence-corrected chi connectivity index (χ2v) is 4.34. The van der Waals surface area contributed by atoms with Crippen molar-refractivity contribution in [1.29, 1.82) is 0 Å². The standard InChI is InChI=1S/C14H11ClO4/c15-10-4-5-12(14(17)18)13(7-10)19-8-9-2-1-3-11(16)6-9/h1-7,16H,8H2,(H,17,18). The Morgan fingerprint density at radius 1 is 1.21 bits per heavy atom. The number of aromatic carboxylic acids is 1. The maximum Gasteiger partial charge on any atom is 0.339 e. The fraction of sp³-hybridized carbons (Fsp3) is 0.0714. The van der Waals surface area contributed by atoms with Gasteiger partial charge < -0.3 is 14.9 Å². The molecule has 4 nitrogen and oxygen atoms in total. The van der Waals surface area contributed by atoms with Gasteiger partial charge in [-0.25, -0.2) is 4.79 Å². The van der Waals surface area contributed by atoms with Crippen molar-refractivity contribution in [2.24, 2.45) is 0 Å². The lowest BCUT2D eigenvalue weighted by Gasteiger charge is -2.09. The van der Waals surface area contributed by atoms with Crippen LogP contribution in [-0.4, -0.2) is 16.2 Å². The van der Waals surface area contributed by atoms with Gasteiger partial charge in [-0.15, -0.1) is 0 Å². The van der Waals surface area contributed by atoms with Crippen LogP contribution in [0.3, 0.4) is 0 Å². The lowest BCUT2D eigenvalue weighted by molar-refractivity contribution is 0.0691. The largest absolute Gasteiger partial charge is 0.508 e. The smallest absolute Gasteiger partial charge is 0.339 e. The van der Waals surface area contributed by atoms with Gasteiger partial charge in [-0.05, 0) is 35.9 Å². The van der Waals surface area contributed by atoms with Gasteiger partial charge in [-0.1, -0.05) is 23.7 Å². The number of phenols is 1. The number of rotatable bonds is 4. The third-order valence-corrected chi connectivity index (χ3v) is 2.71. The minimum absolute atomic E-state index is 0.0459. The molecular weight excluding hydrogens is 268 g/mol. The fourth-order valence-electron chi connectivity index (χ4n) is 1.60. The molecule has 0 bridgehead atoms. The first-order chi connectivity index (χ1) is 9.06. The molecule has 5 heteroatoms. The first-order valence-corrected chi connectivity index (χ1v) is 5.87. The molecule has 2 rings (SSSR count). The van der Waals surface area contributed by atoms with E-state index in [1.165, 1.54) is 18.2 Å². The number of phenolic OH excluding ortho intramolecular Hbond substituents is 1. The molecule has 0 aliphatic carbocycles. The van der Waals surface area contributed by atoms with Crippen LogP contribution in [0.15, 0.2) is 42.5 Å². The quantitative estimate of drug-likeness (QED) is 0.900. The van der Waals surface area contributed by atoms with Crippen molar-refractivity contribution >= 4 is 17.6 Å². The summed E-state index contributed by atoms with van der Waals surface area (Å²) in [6.45, 7) is 0.148. The normalized spacial score (nSPS) is 10.2. The van der Waals surface area contributed by atoms with Gasteiger partial charge in [0, 0.05) is 5.02 Å². The van der Waals surface area contributed by atoms with Crippen molar-refractivity contribution < 1.29 is 19.7 Å². The third kappa shape index (κ3) is 3.39. The van der Waals surface area contributed by atoms with E-state index in [4.69, 9.17) is 21.4 Å². The van der Waals surface area contributed by atoms with Crippen LogP contribution in [0.1, 0.15) is 15.9 Å². The monoisotopic (exact) mass is 278 g/mol. The van der Waals surface area contributed by atoms with E-state index in [1.807, 2.05) is 0 Å². The van der Waals surface area contributed by atoms with Crippen LogP contribution in [0.5, 0.6) is 11.5 Å². The number of benzene rings is 2. The molecule has 0 aliphatic rings. The van der Waals surface area contributed by atoms with Crippen LogP contribution >= 0.6 is 11.6 Å². The van der Waals surface area contributed by atoms with Crippen molar-refractivity contribution in [3.8, 4) is 11.5 Å². The molecule has 98 valence electrons. The third-order valence-electron chi connectivity index (χ3n) is 2.48. The fourth-order valence-corrected chi connectivity index (χ4v) is 1.76. The van der Waals surface area contributed by atoms with Crippen molar-refractivity contribution in [3.05, 3.63) is 58.6 Å².